The van der Waals surface area contributed by atoms with Crippen molar-refractivity contribution in [3.05, 3.63) is 29.8 Å². The molecule has 112 valence electrons. The Morgan fingerprint density at radius 2 is 2.05 bits per heavy atom. The van der Waals surface area contributed by atoms with Gasteiger partial charge < -0.3 is 5.11 Å². The summed E-state index contributed by atoms with van der Waals surface area (Å²) in [6.07, 6.45) is 0.750. The number of amides is 3. The zero-order valence-electron chi connectivity index (χ0n) is 12.1. The summed E-state index contributed by atoms with van der Waals surface area (Å²) in [6, 6.07) is 5.66. The van der Waals surface area contributed by atoms with Crippen molar-refractivity contribution in [3.8, 4) is 0 Å². The number of carbonyl (C=O) groups excluding carboxylic acids is 2. The molecule has 3 amide bonds. The number of carboxylic acid groups (broad SMARTS) is 1. The fourth-order valence-electron chi connectivity index (χ4n) is 2.16. The molecule has 1 aromatic rings. The highest BCUT2D eigenvalue weighted by atomic mass is 16.4. The Hall–Kier alpha value is -2.37. The lowest BCUT2D eigenvalue weighted by Crippen LogP contribution is -2.34. The number of carboxylic acids is 1. The highest BCUT2D eigenvalue weighted by molar-refractivity contribution is 6.12. The Morgan fingerprint density at radius 3 is 2.67 bits per heavy atom. The average Bonchev–Trinajstić information content (AvgIpc) is 2.72. The summed E-state index contributed by atoms with van der Waals surface area (Å²) >= 11 is 0. The molecule has 0 aliphatic carbocycles. The van der Waals surface area contributed by atoms with Crippen LogP contribution in [0.3, 0.4) is 0 Å². The Morgan fingerprint density at radius 1 is 1.33 bits per heavy atom. The first kappa shape index (κ1) is 15.0. The van der Waals surface area contributed by atoms with E-state index in [1.54, 1.807) is 12.1 Å². The summed E-state index contributed by atoms with van der Waals surface area (Å²) < 4.78 is 0. The highest BCUT2D eigenvalue weighted by Crippen LogP contribution is 2.22. The summed E-state index contributed by atoms with van der Waals surface area (Å²) in [5.74, 6) is -0.914. The van der Waals surface area contributed by atoms with E-state index < -0.39 is 5.97 Å². The van der Waals surface area contributed by atoms with Crippen molar-refractivity contribution < 1.29 is 19.5 Å². The van der Waals surface area contributed by atoms with Crippen LogP contribution in [0.1, 0.15) is 30.6 Å². The molecule has 1 fully saturated rings. The number of hydrogen-bond acceptors (Lipinski definition) is 3. The van der Waals surface area contributed by atoms with Crippen LogP contribution in [0.2, 0.25) is 0 Å². The quantitative estimate of drug-likeness (QED) is 0.843. The van der Waals surface area contributed by atoms with Gasteiger partial charge in [0.2, 0.25) is 0 Å². The predicted octanol–water partition coefficient (Wildman–Crippen LogP) is 2.20. The topological polar surface area (TPSA) is 77.9 Å². The Balaban J connectivity index is 2.18. The normalized spacial score (nSPS) is 15.2. The first-order valence-corrected chi connectivity index (χ1v) is 6.85. The maximum atomic E-state index is 12.3. The van der Waals surface area contributed by atoms with Crippen molar-refractivity contribution >= 4 is 23.6 Å². The number of aromatic carboxylic acids is 1. The van der Waals surface area contributed by atoms with Gasteiger partial charge in [-0.2, -0.15) is 0 Å². The molecule has 1 aliphatic heterocycles. The molecule has 0 saturated carbocycles. The van der Waals surface area contributed by atoms with Gasteiger partial charge in [-0.25, -0.2) is 9.59 Å². The molecule has 6 nitrogen and oxygen atoms in total. The van der Waals surface area contributed by atoms with E-state index in [0.717, 1.165) is 6.42 Å². The Kier molecular flexibility index (Phi) is 4.26. The molecule has 0 bridgehead atoms. The third-order valence-corrected chi connectivity index (χ3v) is 3.39. The fourth-order valence-corrected chi connectivity index (χ4v) is 2.16. The van der Waals surface area contributed by atoms with Crippen LogP contribution >= 0.6 is 0 Å². The summed E-state index contributed by atoms with van der Waals surface area (Å²) in [5.41, 5.74) is 0.522. The minimum absolute atomic E-state index is 0.0417. The van der Waals surface area contributed by atoms with Crippen LogP contribution in [0, 0.1) is 5.92 Å². The van der Waals surface area contributed by atoms with Gasteiger partial charge >= 0.3 is 12.0 Å². The molecule has 21 heavy (non-hydrogen) atoms. The maximum Gasteiger partial charge on any atom is 0.335 e. The van der Waals surface area contributed by atoms with E-state index in [1.807, 2.05) is 13.8 Å². The van der Waals surface area contributed by atoms with Crippen molar-refractivity contribution in [3.63, 3.8) is 0 Å². The van der Waals surface area contributed by atoms with Crippen LogP contribution in [-0.2, 0) is 4.79 Å². The second-order valence-electron chi connectivity index (χ2n) is 5.45. The first-order chi connectivity index (χ1) is 9.90. The van der Waals surface area contributed by atoms with E-state index in [9.17, 15) is 14.4 Å². The lowest BCUT2D eigenvalue weighted by Gasteiger charge is -2.18. The fraction of sp³-hybridized carbons (Fsp3) is 0.400. The third-order valence-electron chi connectivity index (χ3n) is 3.39. The average molecular weight is 290 g/mol. The van der Waals surface area contributed by atoms with Gasteiger partial charge in [0.15, 0.2) is 0 Å². The minimum Gasteiger partial charge on any atom is -0.478 e. The highest BCUT2D eigenvalue weighted by Gasteiger charge is 2.36. The number of benzene rings is 1. The number of rotatable bonds is 5. The molecule has 0 radical (unpaired) electrons. The minimum atomic E-state index is -1.06. The van der Waals surface area contributed by atoms with Crippen molar-refractivity contribution in [2.75, 3.05) is 18.0 Å². The number of hydrogen-bond donors (Lipinski definition) is 1. The second kappa shape index (κ2) is 5.95. The van der Waals surface area contributed by atoms with Crippen molar-refractivity contribution in [2.45, 2.75) is 20.3 Å². The number of carbonyl (C=O) groups is 3. The molecule has 1 aromatic carbocycles. The number of anilines is 1. The SMILES string of the molecule is CC(C)CCN1C(=O)CN(c2cccc(C(=O)O)c2)C1=O. The molecule has 1 aliphatic rings. The largest absolute Gasteiger partial charge is 0.478 e. The summed E-state index contributed by atoms with van der Waals surface area (Å²) in [6.45, 7) is 4.41. The van der Waals surface area contributed by atoms with Crippen molar-refractivity contribution in [1.82, 2.24) is 4.90 Å². The van der Waals surface area contributed by atoms with Crippen LogP contribution < -0.4 is 4.90 Å². The van der Waals surface area contributed by atoms with Gasteiger partial charge in [-0.05, 0) is 30.5 Å². The zero-order valence-corrected chi connectivity index (χ0v) is 12.1. The molecular formula is C15H18N2O4. The van der Waals surface area contributed by atoms with Crippen LogP contribution in [-0.4, -0.2) is 41.0 Å². The van der Waals surface area contributed by atoms with Crippen LogP contribution in [0.5, 0.6) is 0 Å². The van der Waals surface area contributed by atoms with Crippen LogP contribution in [0.25, 0.3) is 0 Å². The second-order valence-corrected chi connectivity index (χ2v) is 5.45. The zero-order chi connectivity index (χ0) is 15.6. The number of urea groups is 1. The van der Waals surface area contributed by atoms with E-state index in [-0.39, 0.29) is 24.0 Å². The Bertz CT molecular complexity index is 583. The molecule has 1 saturated heterocycles. The summed E-state index contributed by atoms with van der Waals surface area (Å²) in [7, 11) is 0. The van der Waals surface area contributed by atoms with Gasteiger partial charge in [0.25, 0.3) is 5.91 Å². The lowest BCUT2D eigenvalue weighted by molar-refractivity contribution is -0.124. The van der Waals surface area contributed by atoms with E-state index in [0.29, 0.717) is 18.2 Å². The lowest BCUT2D eigenvalue weighted by atomic mass is 10.1. The van der Waals surface area contributed by atoms with Gasteiger partial charge in [-0.1, -0.05) is 19.9 Å². The molecular weight excluding hydrogens is 272 g/mol. The molecule has 0 atom stereocenters. The molecule has 2 rings (SSSR count). The van der Waals surface area contributed by atoms with Crippen molar-refractivity contribution in [1.29, 1.82) is 0 Å². The van der Waals surface area contributed by atoms with Gasteiger partial charge in [-0.15, -0.1) is 0 Å². The number of nitrogens with zero attached hydrogens (tertiary/aromatic N) is 2. The van der Waals surface area contributed by atoms with Crippen molar-refractivity contribution in [2.24, 2.45) is 5.92 Å². The smallest absolute Gasteiger partial charge is 0.335 e. The molecule has 0 unspecified atom stereocenters. The third kappa shape index (κ3) is 3.21. The number of imide groups is 1. The van der Waals surface area contributed by atoms with Gasteiger partial charge in [0.1, 0.15) is 6.54 Å². The maximum absolute atomic E-state index is 12.3. The van der Waals surface area contributed by atoms with Crippen LogP contribution in [0.15, 0.2) is 24.3 Å². The predicted molar refractivity (Wildman–Crippen MR) is 77.3 cm³/mol. The van der Waals surface area contributed by atoms with E-state index in [4.69, 9.17) is 5.11 Å². The van der Waals surface area contributed by atoms with Gasteiger partial charge in [0, 0.05) is 12.2 Å². The molecule has 1 heterocycles. The van der Waals surface area contributed by atoms with Crippen LogP contribution in [0.4, 0.5) is 10.5 Å². The van der Waals surface area contributed by atoms with E-state index in [1.165, 1.54) is 21.9 Å². The monoisotopic (exact) mass is 290 g/mol. The van der Waals surface area contributed by atoms with Gasteiger partial charge in [-0.3, -0.25) is 14.6 Å². The molecule has 0 aromatic heterocycles. The summed E-state index contributed by atoms with van der Waals surface area (Å²) in [4.78, 5) is 37.8. The molecule has 1 N–H and O–H groups in total. The van der Waals surface area contributed by atoms with E-state index >= 15 is 0 Å². The van der Waals surface area contributed by atoms with E-state index in [2.05, 4.69) is 0 Å². The summed E-state index contributed by atoms with van der Waals surface area (Å²) in [5, 5.41) is 8.99. The first-order valence-electron chi connectivity index (χ1n) is 6.85. The Labute approximate surface area is 123 Å². The standard InChI is InChI=1S/C15H18N2O4/c1-10(2)6-7-16-13(18)9-17(15(16)21)12-5-3-4-11(8-12)14(19)20/h3-5,8,10H,6-7,9H2,1-2H3,(H,19,20). The van der Waals surface area contributed by atoms with Gasteiger partial charge in [0.05, 0.1) is 5.56 Å². The molecule has 6 heteroatoms. The molecule has 0 spiro atoms.